The number of anilines is 2. The van der Waals surface area contributed by atoms with Crippen LogP contribution in [-0.4, -0.2) is 55.1 Å². The van der Waals surface area contributed by atoms with Crippen LogP contribution in [0.1, 0.15) is 87.0 Å². The number of piperidine rings is 1. The lowest BCUT2D eigenvalue weighted by atomic mass is 9.92. The van der Waals surface area contributed by atoms with Gasteiger partial charge in [0.2, 0.25) is 5.95 Å². The first-order valence-electron chi connectivity index (χ1n) is 14.1. The van der Waals surface area contributed by atoms with Crippen LogP contribution in [0.25, 0.3) is 11.2 Å². The van der Waals surface area contributed by atoms with Crippen LogP contribution in [0.15, 0.2) is 30.6 Å². The summed E-state index contributed by atoms with van der Waals surface area (Å²) < 4.78 is 15.7. The number of likely N-dealkylation sites (tertiary alicyclic amines) is 1. The van der Waals surface area contributed by atoms with E-state index in [0.29, 0.717) is 29.9 Å². The molecule has 1 aromatic carbocycles. The molecule has 2 saturated carbocycles. The van der Waals surface area contributed by atoms with Crippen molar-refractivity contribution in [2.75, 3.05) is 17.2 Å². The van der Waals surface area contributed by atoms with Crippen LogP contribution < -0.4 is 16.4 Å². The third-order valence-corrected chi connectivity index (χ3v) is 8.40. The van der Waals surface area contributed by atoms with Crippen molar-refractivity contribution in [1.29, 1.82) is 0 Å². The van der Waals surface area contributed by atoms with Crippen LogP contribution in [0.5, 0.6) is 0 Å². The summed E-state index contributed by atoms with van der Waals surface area (Å²) in [5.74, 6) is 0.773. The number of nitrogens with one attached hydrogen (secondary N) is 2. The summed E-state index contributed by atoms with van der Waals surface area (Å²) in [6.07, 6.45) is 13.1. The maximum atomic E-state index is 13.5. The summed E-state index contributed by atoms with van der Waals surface area (Å²) in [5.41, 5.74) is 8.17. The van der Waals surface area contributed by atoms with Crippen molar-refractivity contribution in [3.05, 3.63) is 42.0 Å². The summed E-state index contributed by atoms with van der Waals surface area (Å²) in [5, 5.41) is 7.14. The van der Waals surface area contributed by atoms with Gasteiger partial charge in [-0.1, -0.05) is 12.8 Å². The van der Waals surface area contributed by atoms with Crippen molar-refractivity contribution in [1.82, 2.24) is 24.4 Å². The predicted octanol–water partition coefficient (Wildman–Crippen LogP) is 4.83. The summed E-state index contributed by atoms with van der Waals surface area (Å²) in [7, 11) is 0. The molecule has 0 radical (unpaired) electrons. The van der Waals surface area contributed by atoms with Crippen molar-refractivity contribution in [3.63, 3.8) is 0 Å². The quantitative estimate of drug-likeness (QED) is 0.427. The zero-order chi connectivity index (χ0) is 26.1. The Hall–Kier alpha value is -3.27. The summed E-state index contributed by atoms with van der Waals surface area (Å²) in [6, 6.07) is 6.72. The summed E-state index contributed by atoms with van der Waals surface area (Å²) in [4.78, 5) is 29.8. The van der Waals surface area contributed by atoms with E-state index in [0.717, 1.165) is 69.0 Å². The van der Waals surface area contributed by atoms with Gasteiger partial charge < -0.3 is 25.8 Å². The molecule has 2 aliphatic carbocycles. The highest BCUT2D eigenvalue weighted by Gasteiger charge is 2.30. The molecule has 1 saturated heterocycles. The molecule has 4 N–H and O–H groups in total. The molecule has 1 unspecified atom stereocenters. The average Bonchev–Trinajstić information content (AvgIpc) is 3.61. The Morgan fingerprint density at radius 3 is 2.42 bits per heavy atom. The van der Waals surface area contributed by atoms with Gasteiger partial charge in [0.15, 0.2) is 17.0 Å². The summed E-state index contributed by atoms with van der Waals surface area (Å²) in [6.45, 7) is 0.631. The molecule has 3 heterocycles. The Balaban J connectivity index is 1.31. The molecule has 0 bridgehead atoms. The number of fused-ring (bicyclic) bond motifs is 1. The number of hydrogen-bond acceptors (Lipinski definition) is 7. The van der Waals surface area contributed by atoms with E-state index < -0.39 is 0 Å². The van der Waals surface area contributed by atoms with Crippen molar-refractivity contribution in [3.8, 4) is 0 Å². The topological polar surface area (TPSA) is 114 Å². The molecular formula is C28H37FN8O. The van der Waals surface area contributed by atoms with Gasteiger partial charge in [0, 0.05) is 30.2 Å². The molecule has 1 amide bonds. The van der Waals surface area contributed by atoms with Crippen LogP contribution in [0.4, 0.5) is 16.2 Å². The molecule has 202 valence electrons. The number of nitrogens with zero attached hydrogens (tertiary/aromatic N) is 5. The molecule has 3 aromatic rings. The zero-order valence-electron chi connectivity index (χ0n) is 21.8. The number of nitrogens with two attached hydrogens (primary N) is 1. The zero-order valence-corrected chi connectivity index (χ0v) is 21.8. The molecule has 1 atom stereocenters. The van der Waals surface area contributed by atoms with Crippen molar-refractivity contribution in [2.45, 2.75) is 94.9 Å². The second kappa shape index (κ2) is 10.8. The molecule has 3 aliphatic rings. The highest BCUT2D eigenvalue weighted by atomic mass is 19.1. The maximum Gasteiger partial charge on any atom is 0.255 e. The predicted molar refractivity (Wildman–Crippen MR) is 145 cm³/mol. The standard InChI is InChI=1S/C28H37FN8O/c29-19-10-8-18(9-11-19)27(38)36-16-4-3-7-23(36)33-25-24-26(37(17-31-24)22-5-1-2-6-22)35-28(34-25)32-21-14-12-20(30)13-15-21/h8-11,17,20-23H,1-7,12-16,30H2,(H2,32,33,34,35). The fourth-order valence-electron chi connectivity index (χ4n) is 6.22. The third-order valence-electron chi connectivity index (χ3n) is 8.40. The molecule has 10 heteroatoms. The van der Waals surface area contributed by atoms with Gasteiger partial charge in [0.25, 0.3) is 5.91 Å². The Bertz CT molecular complexity index is 1260. The Labute approximate surface area is 222 Å². The van der Waals surface area contributed by atoms with E-state index in [1.165, 1.54) is 25.0 Å². The van der Waals surface area contributed by atoms with E-state index in [-0.39, 0.29) is 30.0 Å². The van der Waals surface area contributed by atoms with Crippen LogP contribution in [0, 0.1) is 5.82 Å². The SMILES string of the molecule is NC1CCC(Nc2nc(NC3CCCCN3C(=O)c3ccc(F)cc3)c3ncn(C4CCCC4)c3n2)CC1. The third kappa shape index (κ3) is 5.18. The number of amides is 1. The minimum absolute atomic E-state index is 0.110. The molecule has 9 nitrogen and oxygen atoms in total. The molecule has 3 fully saturated rings. The van der Waals surface area contributed by atoms with Gasteiger partial charge in [-0.05, 0) is 82.1 Å². The number of aromatic nitrogens is 4. The Morgan fingerprint density at radius 1 is 0.921 bits per heavy atom. The van der Waals surface area contributed by atoms with Crippen LogP contribution in [0.2, 0.25) is 0 Å². The minimum Gasteiger partial charge on any atom is -0.351 e. The number of benzene rings is 1. The monoisotopic (exact) mass is 520 g/mol. The van der Waals surface area contributed by atoms with Gasteiger partial charge in [-0.15, -0.1) is 0 Å². The van der Waals surface area contributed by atoms with E-state index in [9.17, 15) is 9.18 Å². The highest BCUT2D eigenvalue weighted by molar-refractivity contribution is 5.95. The lowest BCUT2D eigenvalue weighted by Crippen LogP contribution is -2.48. The fraction of sp³-hybridized carbons (Fsp3) is 0.571. The molecule has 6 rings (SSSR count). The first-order valence-corrected chi connectivity index (χ1v) is 14.1. The largest absolute Gasteiger partial charge is 0.351 e. The van der Waals surface area contributed by atoms with Crippen LogP contribution in [-0.2, 0) is 0 Å². The molecular weight excluding hydrogens is 483 g/mol. The van der Waals surface area contributed by atoms with Gasteiger partial charge in [0.1, 0.15) is 12.0 Å². The molecule has 0 spiro atoms. The fourth-order valence-corrected chi connectivity index (χ4v) is 6.22. The van der Waals surface area contributed by atoms with Gasteiger partial charge in [-0.2, -0.15) is 9.97 Å². The molecule has 38 heavy (non-hydrogen) atoms. The van der Waals surface area contributed by atoms with Crippen LogP contribution in [0.3, 0.4) is 0 Å². The lowest BCUT2D eigenvalue weighted by molar-refractivity contribution is 0.0645. The van der Waals surface area contributed by atoms with E-state index >= 15 is 0 Å². The number of hydrogen-bond donors (Lipinski definition) is 3. The second-order valence-corrected chi connectivity index (χ2v) is 11.1. The van der Waals surface area contributed by atoms with Crippen LogP contribution >= 0.6 is 0 Å². The van der Waals surface area contributed by atoms with Gasteiger partial charge in [-0.3, -0.25) is 4.79 Å². The normalized spacial score (nSPS) is 24.6. The second-order valence-electron chi connectivity index (χ2n) is 11.1. The smallest absolute Gasteiger partial charge is 0.255 e. The molecule has 2 aromatic heterocycles. The average molecular weight is 521 g/mol. The van der Waals surface area contributed by atoms with Crippen molar-refractivity contribution < 1.29 is 9.18 Å². The lowest BCUT2D eigenvalue weighted by Gasteiger charge is -2.36. The van der Waals surface area contributed by atoms with Gasteiger partial charge >= 0.3 is 0 Å². The number of rotatable bonds is 6. The van der Waals surface area contributed by atoms with Gasteiger partial charge in [0.05, 0.1) is 6.33 Å². The Kier molecular flexibility index (Phi) is 7.14. The van der Waals surface area contributed by atoms with E-state index in [1.807, 2.05) is 11.2 Å². The van der Waals surface area contributed by atoms with Crippen molar-refractivity contribution >= 4 is 28.8 Å². The number of carbonyl (C=O) groups is 1. The first kappa shape index (κ1) is 25.0. The number of imidazole rings is 1. The highest BCUT2D eigenvalue weighted by Crippen LogP contribution is 2.34. The minimum atomic E-state index is -0.351. The number of carbonyl (C=O) groups excluding carboxylic acids is 1. The summed E-state index contributed by atoms with van der Waals surface area (Å²) >= 11 is 0. The van der Waals surface area contributed by atoms with E-state index in [4.69, 9.17) is 20.7 Å². The Morgan fingerprint density at radius 2 is 1.66 bits per heavy atom. The first-order chi connectivity index (χ1) is 18.5. The number of halogens is 1. The van der Waals surface area contributed by atoms with E-state index in [2.05, 4.69) is 15.2 Å². The maximum absolute atomic E-state index is 13.5. The van der Waals surface area contributed by atoms with Crippen molar-refractivity contribution in [2.24, 2.45) is 5.73 Å². The van der Waals surface area contributed by atoms with Gasteiger partial charge in [-0.25, -0.2) is 9.37 Å². The molecule has 1 aliphatic heterocycles. The van der Waals surface area contributed by atoms with E-state index in [1.54, 1.807) is 12.1 Å².